The number of halogens is 3. The summed E-state index contributed by atoms with van der Waals surface area (Å²) in [5.41, 5.74) is 4.20. The number of rotatable bonds is 8. The van der Waals surface area contributed by atoms with Crippen LogP contribution < -0.4 is 10.2 Å². The summed E-state index contributed by atoms with van der Waals surface area (Å²) in [6.07, 6.45) is 1.56. The Morgan fingerprint density at radius 1 is 1.00 bits per heavy atom. The highest BCUT2D eigenvalue weighted by atomic mass is 79.9. The van der Waals surface area contributed by atoms with Crippen LogP contribution in [0.1, 0.15) is 11.1 Å². The number of nitrogens with one attached hydrogen (secondary N) is 1. The predicted molar refractivity (Wildman–Crippen MR) is 145 cm³/mol. The largest absolute Gasteiger partial charge is 0.488 e. The lowest BCUT2D eigenvalue weighted by Crippen LogP contribution is -2.19. The van der Waals surface area contributed by atoms with Gasteiger partial charge in [0, 0.05) is 14.9 Å². The van der Waals surface area contributed by atoms with E-state index in [4.69, 9.17) is 27.9 Å². The summed E-state index contributed by atoms with van der Waals surface area (Å²) in [7, 11) is 0. The van der Waals surface area contributed by atoms with Crippen LogP contribution in [0.25, 0.3) is 10.8 Å². The highest BCUT2D eigenvalue weighted by Crippen LogP contribution is 2.28. The normalized spacial score (nSPS) is 11.1. The Morgan fingerprint density at radius 3 is 2.68 bits per heavy atom. The van der Waals surface area contributed by atoms with Crippen molar-refractivity contribution in [1.29, 1.82) is 0 Å². The summed E-state index contributed by atoms with van der Waals surface area (Å²) in [5.74, 6) is 0.685. The first-order chi connectivity index (χ1) is 16.5. The van der Waals surface area contributed by atoms with E-state index in [1.54, 1.807) is 18.3 Å². The molecule has 8 heteroatoms. The van der Waals surface area contributed by atoms with Crippen LogP contribution >= 0.6 is 50.9 Å². The second kappa shape index (κ2) is 11.8. The highest BCUT2D eigenvalue weighted by Gasteiger charge is 2.07. The average molecular weight is 574 g/mol. The Bertz CT molecular complexity index is 1360. The van der Waals surface area contributed by atoms with Gasteiger partial charge in [-0.2, -0.15) is 5.10 Å². The molecule has 0 aliphatic carbocycles. The summed E-state index contributed by atoms with van der Waals surface area (Å²) < 4.78 is 6.82. The van der Waals surface area contributed by atoms with Gasteiger partial charge in [0.25, 0.3) is 0 Å². The van der Waals surface area contributed by atoms with Gasteiger partial charge < -0.3 is 4.74 Å². The van der Waals surface area contributed by atoms with Crippen molar-refractivity contribution in [3.63, 3.8) is 0 Å². The number of benzene rings is 4. The fourth-order valence-electron chi connectivity index (χ4n) is 3.21. The van der Waals surface area contributed by atoms with E-state index < -0.39 is 0 Å². The molecule has 0 aromatic heterocycles. The quantitative estimate of drug-likeness (QED) is 0.133. The van der Waals surface area contributed by atoms with Crippen LogP contribution in [-0.4, -0.2) is 17.9 Å². The van der Waals surface area contributed by atoms with E-state index in [1.807, 2.05) is 48.5 Å². The fourth-order valence-corrected chi connectivity index (χ4v) is 4.78. The van der Waals surface area contributed by atoms with E-state index >= 15 is 0 Å². The lowest BCUT2D eigenvalue weighted by Gasteiger charge is -2.10. The van der Waals surface area contributed by atoms with Crippen LogP contribution in [0.2, 0.25) is 10.0 Å². The van der Waals surface area contributed by atoms with Crippen molar-refractivity contribution in [2.45, 2.75) is 11.5 Å². The van der Waals surface area contributed by atoms with Crippen molar-refractivity contribution < 1.29 is 9.53 Å². The number of ether oxygens (including phenoxy) is 1. The SMILES string of the molecule is O=C(CSc1cccc2ccccc12)NN=Cc1cc(Br)ccc1OCc1ccc(Cl)c(Cl)c1. The van der Waals surface area contributed by atoms with E-state index in [2.05, 4.69) is 44.7 Å². The molecule has 0 radical (unpaired) electrons. The maximum atomic E-state index is 12.4. The number of thioether (sulfide) groups is 1. The van der Waals surface area contributed by atoms with Crippen LogP contribution in [0.5, 0.6) is 5.75 Å². The number of carbonyl (C=O) groups excluding carboxylic acids is 1. The minimum absolute atomic E-state index is 0.192. The molecule has 0 fully saturated rings. The maximum Gasteiger partial charge on any atom is 0.250 e. The Morgan fingerprint density at radius 2 is 1.82 bits per heavy atom. The van der Waals surface area contributed by atoms with Crippen LogP contribution in [0, 0.1) is 0 Å². The number of carbonyl (C=O) groups is 1. The van der Waals surface area contributed by atoms with E-state index in [1.165, 1.54) is 11.8 Å². The van der Waals surface area contributed by atoms with Gasteiger partial charge in [-0.1, -0.05) is 81.6 Å². The molecule has 0 aliphatic heterocycles. The van der Waals surface area contributed by atoms with Gasteiger partial charge >= 0.3 is 0 Å². The molecule has 0 saturated carbocycles. The zero-order valence-electron chi connectivity index (χ0n) is 17.8. The van der Waals surface area contributed by atoms with Gasteiger partial charge in [-0.25, -0.2) is 5.43 Å². The van der Waals surface area contributed by atoms with Gasteiger partial charge in [0.2, 0.25) is 5.91 Å². The number of nitrogens with zero attached hydrogens (tertiary/aromatic N) is 1. The lowest BCUT2D eigenvalue weighted by molar-refractivity contribution is -0.118. The van der Waals surface area contributed by atoms with E-state index in [9.17, 15) is 4.79 Å². The van der Waals surface area contributed by atoms with Crippen molar-refractivity contribution in [3.05, 3.63) is 105 Å². The molecular weight excluding hydrogens is 555 g/mol. The maximum absolute atomic E-state index is 12.4. The van der Waals surface area contributed by atoms with Crippen molar-refractivity contribution in [3.8, 4) is 5.75 Å². The average Bonchev–Trinajstić information content (AvgIpc) is 2.84. The first-order valence-corrected chi connectivity index (χ1v) is 12.8. The Balaban J connectivity index is 1.36. The zero-order chi connectivity index (χ0) is 23.9. The minimum atomic E-state index is -0.192. The number of hydrogen-bond acceptors (Lipinski definition) is 4. The van der Waals surface area contributed by atoms with Crippen molar-refractivity contribution in [1.82, 2.24) is 5.43 Å². The third-order valence-electron chi connectivity index (χ3n) is 4.85. The van der Waals surface area contributed by atoms with Crippen LogP contribution in [0.4, 0.5) is 0 Å². The molecule has 0 aliphatic rings. The molecule has 172 valence electrons. The van der Waals surface area contributed by atoms with Crippen molar-refractivity contribution >= 4 is 73.8 Å². The van der Waals surface area contributed by atoms with Crippen LogP contribution in [-0.2, 0) is 11.4 Å². The number of fused-ring (bicyclic) bond motifs is 1. The van der Waals surface area contributed by atoms with Gasteiger partial charge in [0.1, 0.15) is 12.4 Å². The highest BCUT2D eigenvalue weighted by molar-refractivity contribution is 9.10. The standard InChI is InChI=1S/C26H19BrCl2N2O2S/c27-20-9-11-24(33-15-17-8-10-22(28)23(29)12-17)19(13-20)14-30-31-26(32)16-34-25-7-3-5-18-4-1-2-6-21(18)25/h1-14H,15-16H2,(H,31,32). The molecule has 34 heavy (non-hydrogen) atoms. The van der Waals surface area contributed by atoms with E-state index in [0.717, 1.165) is 31.3 Å². The number of hydrazone groups is 1. The Labute approximate surface area is 220 Å². The first kappa shape index (κ1) is 24.6. The summed E-state index contributed by atoms with van der Waals surface area (Å²) >= 11 is 17.0. The summed E-state index contributed by atoms with van der Waals surface area (Å²) in [6.45, 7) is 0.313. The molecular formula is C26H19BrCl2N2O2S. The summed E-state index contributed by atoms with van der Waals surface area (Å²) in [6, 6.07) is 25.1. The second-order valence-corrected chi connectivity index (χ2v) is 10.0. The monoisotopic (exact) mass is 572 g/mol. The molecule has 0 saturated heterocycles. The molecule has 4 aromatic carbocycles. The molecule has 4 nitrogen and oxygen atoms in total. The fraction of sp³-hybridized carbons (Fsp3) is 0.0769. The molecule has 1 N–H and O–H groups in total. The number of amides is 1. The Hall–Kier alpha value is -2.51. The molecule has 0 unspecified atom stereocenters. The molecule has 4 rings (SSSR count). The smallest absolute Gasteiger partial charge is 0.250 e. The molecule has 0 spiro atoms. The van der Waals surface area contributed by atoms with E-state index in [0.29, 0.717) is 22.4 Å². The van der Waals surface area contributed by atoms with Crippen LogP contribution in [0.15, 0.2) is 93.3 Å². The van der Waals surface area contributed by atoms with Gasteiger partial charge in [0.05, 0.1) is 22.0 Å². The molecule has 0 atom stereocenters. The molecule has 1 amide bonds. The molecule has 4 aromatic rings. The van der Waals surface area contributed by atoms with Gasteiger partial charge in [-0.3, -0.25) is 4.79 Å². The number of hydrogen-bond donors (Lipinski definition) is 1. The lowest BCUT2D eigenvalue weighted by atomic mass is 10.1. The van der Waals surface area contributed by atoms with Gasteiger partial charge in [0.15, 0.2) is 0 Å². The topological polar surface area (TPSA) is 50.7 Å². The third kappa shape index (κ3) is 6.54. The third-order valence-corrected chi connectivity index (χ3v) is 7.16. The predicted octanol–water partition coefficient (Wildman–Crippen LogP) is 7.73. The van der Waals surface area contributed by atoms with Crippen molar-refractivity contribution in [2.75, 3.05) is 5.75 Å². The van der Waals surface area contributed by atoms with Crippen LogP contribution in [0.3, 0.4) is 0 Å². The van der Waals surface area contributed by atoms with Gasteiger partial charge in [-0.05, 0) is 52.7 Å². The zero-order valence-corrected chi connectivity index (χ0v) is 21.7. The first-order valence-electron chi connectivity index (χ1n) is 10.3. The molecule has 0 heterocycles. The van der Waals surface area contributed by atoms with E-state index in [-0.39, 0.29) is 11.7 Å². The minimum Gasteiger partial charge on any atom is -0.488 e. The Kier molecular flexibility index (Phi) is 8.51. The molecule has 0 bridgehead atoms. The summed E-state index contributed by atoms with van der Waals surface area (Å²) in [5, 5.41) is 7.37. The summed E-state index contributed by atoms with van der Waals surface area (Å²) in [4.78, 5) is 13.4. The van der Waals surface area contributed by atoms with Crippen molar-refractivity contribution in [2.24, 2.45) is 5.10 Å². The second-order valence-electron chi connectivity index (χ2n) is 7.28. The van der Waals surface area contributed by atoms with Gasteiger partial charge in [-0.15, -0.1) is 11.8 Å².